The van der Waals surface area contributed by atoms with E-state index in [1.807, 2.05) is 0 Å². The van der Waals surface area contributed by atoms with E-state index in [0.29, 0.717) is 5.92 Å². The molecular formula is C16H24N2O. The zero-order chi connectivity index (χ0) is 12.9. The van der Waals surface area contributed by atoms with Gasteiger partial charge in [-0.2, -0.15) is 0 Å². The molecule has 0 amide bonds. The van der Waals surface area contributed by atoms with E-state index < -0.39 is 0 Å². The van der Waals surface area contributed by atoms with Crippen molar-refractivity contribution < 1.29 is 4.74 Å². The zero-order valence-electron chi connectivity index (χ0n) is 11.5. The van der Waals surface area contributed by atoms with Crippen LogP contribution in [0.2, 0.25) is 0 Å². The maximum absolute atomic E-state index is 5.61. The SMILES string of the molecule is c1ccc2c(c1)NCC2CCNCCOCC1CC1. The van der Waals surface area contributed by atoms with Gasteiger partial charge in [-0.05, 0) is 43.4 Å². The van der Waals surface area contributed by atoms with Crippen molar-refractivity contribution in [3.8, 4) is 0 Å². The van der Waals surface area contributed by atoms with Crippen LogP contribution in [0.5, 0.6) is 0 Å². The van der Waals surface area contributed by atoms with Gasteiger partial charge >= 0.3 is 0 Å². The first-order valence-electron chi connectivity index (χ1n) is 7.55. The van der Waals surface area contributed by atoms with Crippen molar-refractivity contribution in [2.24, 2.45) is 5.92 Å². The van der Waals surface area contributed by atoms with Gasteiger partial charge in [-0.25, -0.2) is 0 Å². The topological polar surface area (TPSA) is 33.3 Å². The lowest BCUT2D eigenvalue weighted by Crippen LogP contribution is -2.23. The average Bonchev–Trinajstić information content (AvgIpc) is 3.18. The summed E-state index contributed by atoms with van der Waals surface area (Å²) in [6.45, 7) is 4.97. The summed E-state index contributed by atoms with van der Waals surface area (Å²) >= 11 is 0. The summed E-state index contributed by atoms with van der Waals surface area (Å²) in [4.78, 5) is 0. The van der Waals surface area contributed by atoms with Gasteiger partial charge in [-0.15, -0.1) is 0 Å². The van der Waals surface area contributed by atoms with Crippen LogP contribution in [0.15, 0.2) is 24.3 Å². The molecule has 0 spiro atoms. The van der Waals surface area contributed by atoms with Gasteiger partial charge in [-0.1, -0.05) is 18.2 Å². The lowest BCUT2D eigenvalue weighted by molar-refractivity contribution is 0.126. The van der Waals surface area contributed by atoms with E-state index in [0.717, 1.165) is 38.8 Å². The molecule has 2 aliphatic rings. The molecule has 1 saturated carbocycles. The fourth-order valence-electron chi connectivity index (χ4n) is 2.69. The third kappa shape index (κ3) is 3.71. The van der Waals surface area contributed by atoms with E-state index in [4.69, 9.17) is 4.74 Å². The van der Waals surface area contributed by atoms with Crippen molar-refractivity contribution in [3.05, 3.63) is 29.8 Å². The number of nitrogens with one attached hydrogen (secondary N) is 2. The molecule has 19 heavy (non-hydrogen) atoms. The monoisotopic (exact) mass is 260 g/mol. The molecule has 1 atom stereocenters. The van der Waals surface area contributed by atoms with Crippen molar-refractivity contribution in [2.45, 2.75) is 25.2 Å². The van der Waals surface area contributed by atoms with Crippen molar-refractivity contribution in [1.29, 1.82) is 0 Å². The standard InChI is InChI=1S/C16H24N2O/c1-2-4-16-15(3-1)14(11-18-16)7-8-17-9-10-19-12-13-5-6-13/h1-4,13-14,17-18H,5-12H2. The second-order valence-corrected chi connectivity index (χ2v) is 5.72. The van der Waals surface area contributed by atoms with Crippen LogP contribution in [0, 0.1) is 5.92 Å². The fourth-order valence-corrected chi connectivity index (χ4v) is 2.69. The molecule has 1 heterocycles. The fraction of sp³-hybridized carbons (Fsp3) is 0.625. The highest BCUT2D eigenvalue weighted by molar-refractivity contribution is 5.57. The summed E-state index contributed by atoms with van der Waals surface area (Å²) in [7, 11) is 0. The number of hydrogen-bond donors (Lipinski definition) is 2. The number of fused-ring (bicyclic) bond motifs is 1. The summed E-state index contributed by atoms with van der Waals surface area (Å²) in [5, 5.41) is 6.96. The van der Waals surface area contributed by atoms with Crippen molar-refractivity contribution in [2.75, 3.05) is 38.2 Å². The molecule has 3 nitrogen and oxygen atoms in total. The van der Waals surface area contributed by atoms with E-state index in [-0.39, 0.29) is 0 Å². The molecule has 3 heteroatoms. The van der Waals surface area contributed by atoms with Gasteiger partial charge in [0.05, 0.1) is 6.61 Å². The molecule has 1 aromatic carbocycles. The van der Waals surface area contributed by atoms with Crippen LogP contribution in [-0.4, -0.2) is 32.8 Å². The van der Waals surface area contributed by atoms with Crippen LogP contribution in [0.25, 0.3) is 0 Å². The van der Waals surface area contributed by atoms with E-state index in [2.05, 4.69) is 34.9 Å². The molecule has 3 rings (SSSR count). The Hall–Kier alpha value is -1.06. The molecule has 1 unspecified atom stereocenters. The zero-order valence-corrected chi connectivity index (χ0v) is 11.5. The van der Waals surface area contributed by atoms with Gasteiger partial charge in [0.15, 0.2) is 0 Å². The highest BCUT2D eigenvalue weighted by atomic mass is 16.5. The lowest BCUT2D eigenvalue weighted by atomic mass is 9.98. The van der Waals surface area contributed by atoms with Crippen molar-refractivity contribution >= 4 is 5.69 Å². The molecule has 1 aromatic rings. The largest absolute Gasteiger partial charge is 0.384 e. The molecule has 1 fully saturated rings. The van der Waals surface area contributed by atoms with Gasteiger partial charge < -0.3 is 15.4 Å². The normalized spacial score (nSPS) is 21.2. The van der Waals surface area contributed by atoms with Gasteiger partial charge in [-0.3, -0.25) is 0 Å². The quantitative estimate of drug-likeness (QED) is 0.705. The Labute approximate surface area is 115 Å². The molecular weight excluding hydrogens is 236 g/mol. The van der Waals surface area contributed by atoms with E-state index in [9.17, 15) is 0 Å². The van der Waals surface area contributed by atoms with Crippen LogP contribution < -0.4 is 10.6 Å². The number of ether oxygens (including phenoxy) is 1. The summed E-state index contributed by atoms with van der Waals surface area (Å²) < 4.78 is 5.61. The number of benzene rings is 1. The summed E-state index contributed by atoms with van der Waals surface area (Å²) in [6.07, 6.45) is 3.95. The van der Waals surface area contributed by atoms with Crippen molar-refractivity contribution in [1.82, 2.24) is 5.32 Å². The Morgan fingerprint density at radius 1 is 1.21 bits per heavy atom. The minimum Gasteiger partial charge on any atom is -0.384 e. The number of para-hydroxylation sites is 1. The highest BCUT2D eigenvalue weighted by Crippen LogP contribution is 2.32. The Kier molecular flexibility index (Phi) is 4.36. The predicted octanol–water partition coefficient (Wildman–Crippen LogP) is 2.60. The van der Waals surface area contributed by atoms with Gasteiger partial charge in [0.25, 0.3) is 0 Å². The molecule has 0 radical (unpaired) electrons. The lowest BCUT2D eigenvalue weighted by Gasteiger charge is -2.11. The highest BCUT2D eigenvalue weighted by Gasteiger charge is 2.21. The maximum atomic E-state index is 5.61. The second-order valence-electron chi connectivity index (χ2n) is 5.72. The minimum absolute atomic E-state index is 0.663. The van der Waals surface area contributed by atoms with Crippen LogP contribution in [0.4, 0.5) is 5.69 Å². The minimum atomic E-state index is 0.663. The number of hydrogen-bond acceptors (Lipinski definition) is 3. The molecule has 0 saturated heterocycles. The first kappa shape index (κ1) is 12.9. The molecule has 1 aliphatic heterocycles. The van der Waals surface area contributed by atoms with Gasteiger partial charge in [0, 0.05) is 31.3 Å². The smallest absolute Gasteiger partial charge is 0.0591 e. The molecule has 104 valence electrons. The second kappa shape index (κ2) is 6.40. The maximum Gasteiger partial charge on any atom is 0.0591 e. The first-order chi connectivity index (χ1) is 9.43. The Balaban J connectivity index is 1.28. The first-order valence-corrected chi connectivity index (χ1v) is 7.55. The van der Waals surface area contributed by atoms with E-state index in [1.54, 1.807) is 0 Å². The van der Waals surface area contributed by atoms with Crippen molar-refractivity contribution in [3.63, 3.8) is 0 Å². The molecule has 2 N–H and O–H groups in total. The Morgan fingerprint density at radius 3 is 3.00 bits per heavy atom. The van der Waals surface area contributed by atoms with Gasteiger partial charge in [0.1, 0.15) is 0 Å². The third-order valence-corrected chi connectivity index (χ3v) is 4.08. The molecule has 0 aromatic heterocycles. The average molecular weight is 260 g/mol. The predicted molar refractivity (Wildman–Crippen MR) is 78.7 cm³/mol. The van der Waals surface area contributed by atoms with Crippen LogP contribution in [0.1, 0.15) is 30.7 Å². The Bertz CT molecular complexity index is 403. The molecule has 0 bridgehead atoms. The third-order valence-electron chi connectivity index (χ3n) is 4.08. The number of rotatable bonds is 8. The van der Waals surface area contributed by atoms with Crippen LogP contribution in [-0.2, 0) is 4.74 Å². The molecule has 1 aliphatic carbocycles. The van der Waals surface area contributed by atoms with Gasteiger partial charge in [0.2, 0.25) is 0 Å². The van der Waals surface area contributed by atoms with Crippen LogP contribution in [0.3, 0.4) is 0 Å². The Morgan fingerprint density at radius 2 is 2.11 bits per heavy atom. The summed E-state index contributed by atoms with van der Waals surface area (Å²) in [6, 6.07) is 8.66. The number of anilines is 1. The van der Waals surface area contributed by atoms with E-state index >= 15 is 0 Å². The van der Waals surface area contributed by atoms with Crippen LogP contribution >= 0.6 is 0 Å². The summed E-state index contributed by atoms with van der Waals surface area (Å²) in [5.74, 6) is 1.54. The van der Waals surface area contributed by atoms with E-state index in [1.165, 1.54) is 30.5 Å². The summed E-state index contributed by atoms with van der Waals surface area (Å²) in [5.41, 5.74) is 2.80.